The van der Waals surface area contributed by atoms with Crippen molar-refractivity contribution in [1.29, 1.82) is 0 Å². The molecule has 1 N–H and O–H groups in total. The van der Waals surface area contributed by atoms with Gasteiger partial charge in [-0.2, -0.15) is 0 Å². The molecule has 104 valence electrons. The Morgan fingerprint density at radius 3 is 2.47 bits per heavy atom. The highest BCUT2D eigenvalue weighted by Gasteiger charge is 2.07. The van der Waals surface area contributed by atoms with Crippen molar-refractivity contribution in [2.24, 2.45) is 0 Å². The van der Waals surface area contributed by atoms with Crippen LogP contribution in [0, 0.1) is 0 Å². The number of nitrogens with one attached hydrogen (secondary N) is 1. The molecule has 0 amide bonds. The molecule has 0 rings (SSSR count). The third kappa shape index (κ3) is 12.1. The van der Waals surface area contributed by atoms with Crippen LogP contribution in [0.2, 0.25) is 0 Å². The minimum Gasteiger partial charge on any atom is -0.382 e. The van der Waals surface area contributed by atoms with Crippen LogP contribution in [-0.2, 0) is 18.9 Å². The summed E-state index contributed by atoms with van der Waals surface area (Å²) >= 11 is 0. The lowest BCUT2D eigenvalue weighted by atomic mass is 10.3. The SMILES string of the molecule is CCNCC(COC)OCCCOCCOC. The second kappa shape index (κ2) is 13.9. The zero-order valence-electron chi connectivity index (χ0n) is 11.4. The molecule has 0 aliphatic heterocycles. The van der Waals surface area contributed by atoms with Gasteiger partial charge in [0.2, 0.25) is 0 Å². The third-order valence-electron chi connectivity index (χ3n) is 2.19. The normalized spacial score (nSPS) is 12.9. The Labute approximate surface area is 105 Å². The molecule has 17 heavy (non-hydrogen) atoms. The van der Waals surface area contributed by atoms with Crippen LogP contribution in [0.3, 0.4) is 0 Å². The molecule has 0 saturated carbocycles. The smallest absolute Gasteiger partial charge is 0.0932 e. The van der Waals surface area contributed by atoms with Gasteiger partial charge in [0.15, 0.2) is 0 Å². The van der Waals surface area contributed by atoms with Crippen molar-refractivity contribution in [3.05, 3.63) is 0 Å². The summed E-state index contributed by atoms with van der Waals surface area (Å²) in [5.41, 5.74) is 0. The Bertz CT molecular complexity index is 146. The van der Waals surface area contributed by atoms with E-state index >= 15 is 0 Å². The summed E-state index contributed by atoms with van der Waals surface area (Å²) in [6, 6.07) is 0. The molecule has 5 heteroatoms. The number of hydrogen-bond donors (Lipinski definition) is 1. The molecule has 1 unspecified atom stereocenters. The first kappa shape index (κ1) is 16.8. The molecule has 0 heterocycles. The predicted molar refractivity (Wildman–Crippen MR) is 67.5 cm³/mol. The molecule has 0 radical (unpaired) electrons. The molecular formula is C12H27NO4. The largest absolute Gasteiger partial charge is 0.382 e. The maximum absolute atomic E-state index is 5.69. The van der Waals surface area contributed by atoms with Crippen LogP contribution in [-0.4, -0.2) is 66.4 Å². The maximum atomic E-state index is 5.69. The molecular weight excluding hydrogens is 222 g/mol. The number of likely N-dealkylation sites (N-methyl/N-ethyl adjacent to an activating group) is 1. The van der Waals surface area contributed by atoms with E-state index in [-0.39, 0.29) is 6.10 Å². The van der Waals surface area contributed by atoms with Gasteiger partial charge < -0.3 is 24.3 Å². The van der Waals surface area contributed by atoms with Gasteiger partial charge in [0, 0.05) is 34.0 Å². The summed E-state index contributed by atoms with van der Waals surface area (Å²) < 4.78 is 21.0. The molecule has 0 spiro atoms. The first-order valence-electron chi connectivity index (χ1n) is 6.23. The van der Waals surface area contributed by atoms with E-state index in [0.29, 0.717) is 33.0 Å². The molecule has 5 nitrogen and oxygen atoms in total. The lowest BCUT2D eigenvalue weighted by Crippen LogP contribution is -2.33. The summed E-state index contributed by atoms with van der Waals surface area (Å²) in [6.45, 7) is 7.18. The number of ether oxygens (including phenoxy) is 4. The molecule has 0 aromatic heterocycles. The Morgan fingerprint density at radius 2 is 1.82 bits per heavy atom. The van der Waals surface area contributed by atoms with Gasteiger partial charge in [-0.05, 0) is 13.0 Å². The van der Waals surface area contributed by atoms with Gasteiger partial charge in [-0.25, -0.2) is 0 Å². The molecule has 0 aromatic rings. The predicted octanol–water partition coefficient (Wildman–Crippen LogP) is 0.681. The minimum absolute atomic E-state index is 0.124. The Kier molecular flexibility index (Phi) is 13.7. The molecule has 0 aliphatic rings. The van der Waals surface area contributed by atoms with E-state index in [1.807, 2.05) is 0 Å². The fourth-order valence-corrected chi connectivity index (χ4v) is 1.31. The van der Waals surface area contributed by atoms with E-state index in [0.717, 1.165) is 19.5 Å². The van der Waals surface area contributed by atoms with E-state index in [1.54, 1.807) is 14.2 Å². The van der Waals surface area contributed by atoms with Crippen LogP contribution in [0.25, 0.3) is 0 Å². The molecule has 0 aromatic carbocycles. The Balaban J connectivity index is 3.34. The van der Waals surface area contributed by atoms with Crippen molar-refractivity contribution >= 4 is 0 Å². The lowest BCUT2D eigenvalue weighted by molar-refractivity contribution is -0.0120. The Morgan fingerprint density at radius 1 is 1.00 bits per heavy atom. The summed E-state index contributed by atoms with van der Waals surface area (Å²) in [5, 5.41) is 3.25. The second-order valence-corrected chi connectivity index (χ2v) is 3.71. The standard InChI is InChI=1S/C12H27NO4/c1-4-13-10-12(11-15-3)17-7-5-6-16-9-8-14-2/h12-13H,4-11H2,1-3H3. The number of rotatable bonds is 13. The van der Waals surface area contributed by atoms with E-state index in [1.165, 1.54) is 0 Å². The van der Waals surface area contributed by atoms with Crippen LogP contribution in [0.1, 0.15) is 13.3 Å². The zero-order valence-corrected chi connectivity index (χ0v) is 11.4. The van der Waals surface area contributed by atoms with Crippen molar-refractivity contribution in [2.45, 2.75) is 19.4 Å². The molecule has 0 aliphatic carbocycles. The highest BCUT2D eigenvalue weighted by Crippen LogP contribution is 1.94. The summed E-state index contributed by atoms with van der Waals surface area (Å²) in [5.74, 6) is 0. The highest BCUT2D eigenvalue weighted by molar-refractivity contribution is 4.59. The van der Waals surface area contributed by atoms with Crippen molar-refractivity contribution in [1.82, 2.24) is 5.32 Å². The average molecular weight is 249 g/mol. The fourth-order valence-electron chi connectivity index (χ4n) is 1.31. The van der Waals surface area contributed by atoms with E-state index in [9.17, 15) is 0 Å². The van der Waals surface area contributed by atoms with Gasteiger partial charge in [-0.15, -0.1) is 0 Å². The van der Waals surface area contributed by atoms with Gasteiger partial charge in [0.25, 0.3) is 0 Å². The maximum Gasteiger partial charge on any atom is 0.0932 e. The van der Waals surface area contributed by atoms with Crippen LogP contribution in [0.5, 0.6) is 0 Å². The van der Waals surface area contributed by atoms with Crippen molar-refractivity contribution in [3.63, 3.8) is 0 Å². The minimum atomic E-state index is 0.124. The monoisotopic (exact) mass is 249 g/mol. The van der Waals surface area contributed by atoms with Crippen molar-refractivity contribution in [3.8, 4) is 0 Å². The highest BCUT2D eigenvalue weighted by atomic mass is 16.5. The van der Waals surface area contributed by atoms with Gasteiger partial charge >= 0.3 is 0 Å². The van der Waals surface area contributed by atoms with Crippen LogP contribution < -0.4 is 5.32 Å². The average Bonchev–Trinajstić information content (AvgIpc) is 2.34. The summed E-state index contributed by atoms with van der Waals surface area (Å²) in [7, 11) is 3.36. The third-order valence-corrected chi connectivity index (χ3v) is 2.19. The van der Waals surface area contributed by atoms with E-state index in [2.05, 4.69) is 12.2 Å². The first-order valence-corrected chi connectivity index (χ1v) is 6.23. The number of hydrogen-bond acceptors (Lipinski definition) is 5. The molecule has 1 atom stereocenters. The van der Waals surface area contributed by atoms with E-state index in [4.69, 9.17) is 18.9 Å². The molecule has 0 saturated heterocycles. The van der Waals surface area contributed by atoms with Gasteiger partial charge in [0.1, 0.15) is 0 Å². The van der Waals surface area contributed by atoms with Gasteiger partial charge in [-0.3, -0.25) is 0 Å². The molecule has 0 bridgehead atoms. The molecule has 0 fully saturated rings. The second-order valence-electron chi connectivity index (χ2n) is 3.71. The zero-order chi connectivity index (χ0) is 12.8. The quantitative estimate of drug-likeness (QED) is 0.486. The number of methoxy groups -OCH3 is 2. The van der Waals surface area contributed by atoms with Crippen LogP contribution in [0.15, 0.2) is 0 Å². The van der Waals surface area contributed by atoms with Crippen LogP contribution in [0.4, 0.5) is 0 Å². The van der Waals surface area contributed by atoms with Crippen molar-refractivity contribution in [2.75, 3.05) is 60.3 Å². The van der Waals surface area contributed by atoms with Gasteiger partial charge in [0.05, 0.1) is 25.9 Å². The Hall–Kier alpha value is -0.200. The lowest BCUT2D eigenvalue weighted by Gasteiger charge is -2.17. The topological polar surface area (TPSA) is 49.0 Å². The summed E-state index contributed by atoms with van der Waals surface area (Å²) in [6.07, 6.45) is 1.02. The van der Waals surface area contributed by atoms with Crippen molar-refractivity contribution < 1.29 is 18.9 Å². The summed E-state index contributed by atoms with van der Waals surface area (Å²) in [4.78, 5) is 0. The first-order chi connectivity index (χ1) is 8.35. The fraction of sp³-hybridized carbons (Fsp3) is 1.00. The van der Waals surface area contributed by atoms with Crippen LogP contribution >= 0.6 is 0 Å². The van der Waals surface area contributed by atoms with E-state index < -0.39 is 0 Å². The van der Waals surface area contributed by atoms with Gasteiger partial charge in [-0.1, -0.05) is 6.92 Å².